The van der Waals surface area contributed by atoms with Crippen molar-refractivity contribution in [2.75, 3.05) is 32.7 Å². The monoisotopic (exact) mass is 661 g/mol. The molecule has 2 saturated heterocycles. The SMILES string of the molecule is O=C(CNC(=O)c1cccc(C(F)(F)F)c1)[AsH]C1CCN(C2CCC(c3ccc(C(=O)N4CCC(O)CC4)cc3)CC2)C1. The summed E-state index contributed by atoms with van der Waals surface area (Å²) in [5.74, 6) is -0.162. The number of carbonyl (C=O) groups excluding carboxylic acids is 3. The first-order chi connectivity index (χ1) is 20.6. The van der Waals surface area contributed by atoms with Crippen LogP contribution in [-0.2, 0) is 11.0 Å². The summed E-state index contributed by atoms with van der Waals surface area (Å²) in [7, 11) is 0. The molecule has 2 amide bonds. The molecule has 2 atom stereocenters. The van der Waals surface area contributed by atoms with Crippen LogP contribution in [0.5, 0.6) is 0 Å². The van der Waals surface area contributed by atoms with E-state index in [2.05, 4.69) is 22.3 Å². The second kappa shape index (κ2) is 14.0. The molecule has 2 unspecified atom stereocenters. The molecule has 43 heavy (non-hydrogen) atoms. The molecule has 2 heterocycles. The van der Waals surface area contributed by atoms with Crippen LogP contribution in [0.25, 0.3) is 0 Å². The molecule has 11 heteroatoms. The van der Waals surface area contributed by atoms with Gasteiger partial charge in [0.1, 0.15) is 0 Å². The van der Waals surface area contributed by atoms with Crippen LogP contribution in [0.1, 0.15) is 82.7 Å². The molecule has 2 aliphatic heterocycles. The standard InChI is InChI=1S/C32H39AsF3N3O4/c34-32(35,36)25-3-1-2-24(18-25)30(42)37-19-29(41)33-26-12-15-39(20-26)27-10-8-22(9-11-27)21-4-6-23(7-5-21)31(43)38-16-13-28(40)14-17-38/h1-7,18,22,26-28,33,40H,8-17,19-20H2,(H,37,42). The van der Waals surface area contributed by atoms with Crippen LogP contribution in [0, 0.1) is 0 Å². The van der Waals surface area contributed by atoms with Crippen molar-refractivity contribution in [3.63, 3.8) is 0 Å². The number of halogens is 3. The van der Waals surface area contributed by atoms with Gasteiger partial charge in [-0.15, -0.1) is 0 Å². The van der Waals surface area contributed by atoms with Crippen molar-refractivity contribution in [2.24, 2.45) is 0 Å². The van der Waals surface area contributed by atoms with Gasteiger partial charge in [0.15, 0.2) is 0 Å². The molecular formula is C32H39AsF3N3O4. The Balaban J connectivity index is 1.03. The summed E-state index contributed by atoms with van der Waals surface area (Å²) in [5, 5.41) is 12.2. The first-order valence-corrected chi connectivity index (χ1v) is 17.4. The fraction of sp³-hybridized carbons (Fsp3) is 0.531. The van der Waals surface area contributed by atoms with E-state index >= 15 is 0 Å². The number of hydrogen-bond acceptors (Lipinski definition) is 5. The van der Waals surface area contributed by atoms with Crippen LogP contribution < -0.4 is 5.32 Å². The van der Waals surface area contributed by atoms with Gasteiger partial charge in [-0.3, -0.25) is 4.79 Å². The second-order valence-electron chi connectivity index (χ2n) is 12.0. The third-order valence-corrected chi connectivity index (χ3v) is 11.9. The molecule has 2 aromatic carbocycles. The topological polar surface area (TPSA) is 90.0 Å². The van der Waals surface area contributed by atoms with Crippen molar-refractivity contribution in [3.05, 3.63) is 70.8 Å². The fourth-order valence-corrected chi connectivity index (χ4v) is 9.15. The minimum absolute atomic E-state index is 0.00990. The van der Waals surface area contributed by atoms with Crippen LogP contribution in [-0.4, -0.2) is 91.9 Å². The van der Waals surface area contributed by atoms with Crippen LogP contribution in [0.2, 0.25) is 4.71 Å². The molecule has 1 aliphatic carbocycles. The number of benzene rings is 2. The molecule has 2 aromatic rings. The van der Waals surface area contributed by atoms with E-state index in [0.29, 0.717) is 48.2 Å². The van der Waals surface area contributed by atoms with Gasteiger partial charge in [-0.1, -0.05) is 0 Å². The van der Waals surface area contributed by atoms with E-state index < -0.39 is 33.4 Å². The summed E-state index contributed by atoms with van der Waals surface area (Å²) < 4.78 is 39.1. The van der Waals surface area contributed by atoms with Gasteiger partial charge in [0.2, 0.25) is 0 Å². The number of hydrogen-bond donors (Lipinski definition) is 2. The minimum atomic E-state index is -4.53. The molecule has 0 spiro atoms. The summed E-state index contributed by atoms with van der Waals surface area (Å²) in [6.45, 7) is 2.92. The Bertz CT molecular complexity index is 1290. The summed E-state index contributed by atoms with van der Waals surface area (Å²) in [4.78, 5) is 42.1. The molecule has 5 rings (SSSR count). The Kier molecular flexibility index (Phi) is 10.3. The zero-order chi connectivity index (χ0) is 30.6. The van der Waals surface area contributed by atoms with Crippen LogP contribution in [0.4, 0.5) is 13.2 Å². The number of alkyl halides is 3. The predicted octanol–water partition coefficient (Wildman–Crippen LogP) is 4.22. The normalized spacial score (nSPS) is 24.0. The van der Waals surface area contributed by atoms with E-state index in [1.165, 1.54) is 17.7 Å². The Hall–Kier alpha value is -2.68. The number of likely N-dealkylation sites (tertiary alicyclic amines) is 2. The van der Waals surface area contributed by atoms with Crippen LogP contribution in [0.3, 0.4) is 0 Å². The Labute approximate surface area is 256 Å². The molecule has 2 N–H and O–H groups in total. The van der Waals surface area contributed by atoms with Gasteiger partial charge < -0.3 is 10.0 Å². The Morgan fingerprint density at radius 1 is 0.884 bits per heavy atom. The van der Waals surface area contributed by atoms with E-state index in [9.17, 15) is 32.7 Å². The summed E-state index contributed by atoms with van der Waals surface area (Å²) in [6, 6.07) is 12.8. The van der Waals surface area contributed by atoms with Crippen molar-refractivity contribution in [2.45, 2.75) is 73.9 Å². The number of aliphatic hydroxyl groups is 1. The number of rotatable bonds is 8. The van der Waals surface area contributed by atoms with Gasteiger partial charge in [-0.05, 0) is 12.8 Å². The third kappa shape index (κ3) is 8.28. The molecule has 0 radical (unpaired) electrons. The number of nitrogens with zero attached hydrogens (tertiary/aromatic N) is 2. The van der Waals surface area contributed by atoms with E-state index in [0.717, 1.165) is 57.3 Å². The number of piperidine rings is 1. The summed E-state index contributed by atoms with van der Waals surface area (Å²) in [6.07, 6.45) is 1.75. The Morgan fingerprint density at radius 2 is 1.58 bits per heavy atom. The maximum atomic E-state index is 12.9. The number of carbonyl (C=O) groups is 3. The first-order valence-electron chi connectivity index (χ1n) is 15.1. The van der Waals surface area contributed by atoms with Crippen molar-refractivity contribution in [1.29, 1.82) is 0 Å². The fourth-order valence-electron chi connectivity index (χ4n) is 6.54. The van der Waals surface area contributed by atoms with E-state index in [-0.39, 0.29) is 28.7 Å². The van der Waals surface area contributed by atoms with E-state index in [1.807, 2.05) is 17.0 Å². The van der Waals surface area contributed by atoms with E-state index in [4.69, 9.17) is 0 Å². The predicted molar refractivity (Wildman–Crippen MR) is 158 cm³/mol. The average Bonchev–Trinajstić information content (AvgIpc) is 3.48. The maximum absolute atomic E-state index is 12.9. The van der Waals surface area contributed by atoms with Crippen LogP contribution in [0.15, 0.2) is 48.5 Å². The summed E-state index contributed by atoms with van der Waals surface area (Å²) >= 11 is -0.956. The molecule has 0 bridgehead atoms. The molecule has 1 saturated carbocycles. The molecule has 3 aliphatic rings. The third-order valence-electron chi connectivity index (χ3n) is 9.04. The van der Waals surface area contributed by atoms with Crippen molar-refractivity contribution in [1.82, 2.24) is 15.1 Å². The number of nitrogens with one attached hydrogen (secondary N) is 1. The van der Waals surface area contributed by atoms with Gasteiger partial charge in [0.05, 0.1) is 6.10 Å². The van der Waals surface area contributed by atoms with E-state index in [1.54, 1.807) is 0 Å². The van der Waals surface area contributed by atoms with Gasteiger partial charge in [0, 0.05) is 13.1 Å². The van der Waals surface area contributed by atoms with Crippen LogP contribution >= 0.6 is 0 Å². The summed E-state index contributed by atoms with van der Waals surface area (Å²) in [5.41, 5.74) is 0.979. The second-order valence-corrected chi connectivity index (χ2v) is 15.4. The van der Waals surface area contributed by atoms with Gasteiger partial charge in [-0.25, -0.2) is 0 Å². The van der Waals surface area contributed by atoms with Gasteiger partial charge >= 0.3 is 210 Å². The number of amides is 2. The quantitative estimate of drug-likeness (QED) is 0.414. The van der Waals surface area contributed by atoms with Gasteiger partial charge in [-0.2, -0.15) is 0 Å². The zero-order valence-corrected chi connectivity index (χ0v) is 26.2. The molecular weight excluding hydrogens is 622 g/mol. The van der Waals surface area contributed by atoms with Crippen molar-refractivity contribution >= 4 is 32.1 Å². The molecule has 0 aromatic heterocycles. The zero-order valence-electron chi connectivity index (χ0n) is 24.1. The van der Waals surface area contributed by atoms with Crippen molar-refractivity contribution < 1.29 is 32.7 Å². The first kappa shape index (κ1) is 31.7. The molecule has 7 nitrogen and oxygen atoms in total. The molecule has 3 fully saturated rings. The Morgan fingerprint density at radius 3 is 2.26 bits per heavy atom. The number of aliphatic hydroxyl groups excluding tert-OH is 1. The van der Waals surface area contributed by atoms with Crippen molar-refractivity contribution in [3.8, 4) is 0 Å². The molecule has 232 valence electrons. The average molecular weight is 662 g/mol. The van der Waals surface area contributed by atoms with Gasteiger partial charge in [0.25, 0.3) is 0 Å².